The van der Waals surface area contributed by atoms with Gasteiger partial charge in [0.15, 0.2) is 0 Å². The van der Waals surface area contributed by atoms with E-state index in [0.29, 0.717) is 0 Å². The molecule has 0 aliphatic heterocycles. The lowest BCUT2D eigenvalue weighted by atomic mass is 10.3. The van der Waals surface area contributed by atoms with Crippen molar-refractivity contribution in [3.63, 3.8) is 0 Å². The van der Waals surface area contributed by atoms with Crippen LogP contribution in [-0.4, -0.2) is 13.0 Å². The monoisotopic (exact) mass is 342 g/mol. The number of sulfonamides is 1. The Bertz CT molecular complexity index is 985. The first-order valence-corrected chi connectivity index (χ1v) is 9.13. The molecule has 0 atom stereocenters. The number of rotatable bonds is 3. The molecule has 0 amide bonds. The quantitative estimate of drug-likeness (QED) is 0.682. The van der Waals surface area contributed by atoms with Gasteiger partial charge >= 0.3 is 0 Å². The van der Waals surface area contributed by atoms with E-state index in [2.05, 4.69) is 3.77 Å². The third-order valence-electron chi connectivity index (χ3n) is 3.14. The Labute approximate surface area is 138 Å². The molecule has 1 aromatic heterocycles. The molecule has 0 unspecified atom stereocenters. The summed E-state index contributed by atoms with van der Waals surface area (Å²) in [5.74, 6) is 0. The van der Waals surface area contributed by atoms with Crippen LogP contribution in [0.15, 0.2) is 93.9 Å². The number of hydrogen-bond acceptors (Lipinski definition) is 2. The summed E-state index contributed by atoms with van der Waals surface area (Å²) in [7, 11) is -3.64. The maximum absolute atomic E-state index is 12.1. The molecule has 0 aliphatic rings. The average molecular weight is 342 g/mol. The van der Waals surface area contributed by atoms with Crippen LogP contribution >= 0.6 is 0 Å². The molecule has 23 heavy (non-hydrogen) atoms. The molecule has 1 heterocycles. The highest BCUT2D eigenvalue weighted by atomic mass is 32.2. The third kappa shape index (κ3) is 3.85. The Kier molecular flexibility index (Phi) is 4.55. The van der Waals surface area contributed by atoms with E-state index < -0.39 is 10.0 Å². The largest absolute Gasteiger partial charge is 0.324 e. The maximum atomic E-state index is 12.1. The standard InChI is InChI=1S/C17H14N2O2S2/c20-23(21,17-9-5-2-6-10-17)18-22-16-11-13-19(14-12-16)15-7-3-1-4-8-15/h1-14H. The molecule has 0 radical (unpaired) electrons. The summed E-state index contributed by atoms with van der Waals surface area (Å²) in [4.78, 5) is 0.197. The van der Waals surface area contributed by atoms with E-state index >= 15 is 0 Å². The number of nitrogens with zero attached hydrogens (tertiary/aromatic N) is 2. The van der Waals surface area contributed by atoms with Crippen LogP contribution in [-0.2, 0) is 21.2 Å². The van der Waals surface area contributed by atoms with Gasteiger partial charge in [0.05, 0.1) is 4.90 Å². The minimum Gasteiger partial charge on any atom is -0.324 e. The van der Waals surface area contributed by atoms with Gasteiger partial charge in [-0.25, -0.2) is 0 Å². The van der Waals surface area contributed by atoms with Crippen molar-refractivity contribution in [2.45, 2.75) is 4.90 Å². The maximum Gasteiger partial charge on any atom is 0.292 e. The molecule has 3 aromatic rings. The molecule has 4 nitrogen and oxygen atoms in total. The molecule has 0 saturated carbocycles. The van der Waals surface area contributed by atoms with Gasteiger partial charge in [-0.3, -0.25) is 0 Å². The van der Waals surface area contributed by atoms with Crippen LogP contribution in [0.5, 0.6) is 0 Å². The zero-order valence-corrected chi connectivity index (χ0v) is 13.7. The van der Waals surface area contributed by atoms with Gasteiger partial charge in [0, 0.05) is 22.6 Å². The lowest BCUT2D eigenvalue weighted by molar-refractivity contribution is 0.598. The highest BCUT2D eigenvalue weighted by molar-refractivity contribution is 7.93. The number of hydrogen-bond donors (Lipinski definition) is 0. The van der Waals surface area contributed by atoms with Gasteiger partial charge in [0.2, 0.25) is 0 Å². The highest BCUT2D eigenvalue weighted by Gasteiger charge is 2.09. The van der Waals surface area contributed by atoms with Crippen LogP contribution in [0.4, 0.5) is 0 Å². The van der Waals surface area contributed by atoms with Crippen molar-refractivity contribution in [1.29, 1.82) is 0 Å². The number of benzene rings is 2. The number of aromatic nitrogens is 1. The summed E-state index contributed by atoms with van der Waals surface area (Å²) in [6, 6.07) is 21.8. The summed E-state index contributed by atoms with van der Waals surface area (Å²) < 4.78 is 30.7. The van der Waals surface area contributed by atoms with Crippen molar-refractivity contribution < 1.29 is 8.42 Å². The van der Waals surface area contributed by atoms with Gasteiger partial charge in [-0.15, -0.1) is 0 Å². The Morgan fingerprint density at radius 2 is 1.35 bits per heavy atom. The van der Waals surface area contributed by atoms with Crippen LogP contribution in [0.1, 0.15) is 0 Å². The number of para-hydroxylation sites is 1. The van der Waals surface area contributed by atoms with Gasteiger partial charge in [-0.2, -0.15) is 8.42 Å². The highest BCUT2D eigenvalue weighted by Crippen LogP contribution is 2.11. The first kappa shape index (κ1) is 15.5. The van der Waals surface area contributed by atoms with Gasteiger partial charge < -0.3 is 4.57 Å². The topological polar surface area (TPSA) is 51.4 Å². The molecule has 0 aliphatic carbocycles. The van der Waals surface area contributed by atoms with Crippen LogP contribution < -0.4 is 0 Å². The van der Waals surface area contributed by atoms with E-state index in [0.717, 1.165) is 21.3 Å². The normalized spacial score (nSPS) is 11.0. The zero-order valence-electron chi connectivity index (χ0n) is 12.1. The first-order chi connectivity index (χ1) is 11.1. The number of pyridine rings is 1. The van der Waals surface area contributed by atoms with Crippen molar-refractivity contribution in [1.82, 2.24) is 4.57 Å². The SMILES string of the molecule is O=S(=O)(N=S=c1ccn(-c2ccccc2)cc1)c1ccccc1. The molecule has 0 fully saturated rings. The summed E-state index contributed by atoms with van der Waals surface area (Å²) in [5.41, 5.74) is 1.04. The molecular formula is C17H14N2O2S2. The third-order valence-corrected chi connectivity index (χ3v) is 5.57. The fourth-order valence-corrected chi connectivity index (χ4v) is 3.80. The zero-order chi connectivity index (χ0) is 16.1. The van der Waals surface area contributed by atoms with Crippen molar-refractivity contribution in [3.05, 3.63) is 89.7 Å². The fraction of sp³-hybridized carbons (Fsp3) is 0. The first-order valence-electron chi connectivity index (χ1n) is 6.91. The fourth-order valence-electron chi connectivity index (χ4n) is 1.97. The summed E-state index contributed by atoms with van der Waals surface area (Å²) in [6.45, 7) is 0. The predicted molar refractivity (Wildman–Crippen MR) is 92.4 cm³/mol. The predicted octanol–water partition coefficient (Wildman–Crippen LogP) is 3.66. The molecule has 0 saturated heterocycles. The van der Waals surface area contributed by atoms with E-state index in [1.54, 1.807) is 18.2 Å². The Morgan fingerprint density at radius 1 is 0.783 bits per heavy atom. The van der Waals surface area contributed by atoms with Crippen molar-refractivity contribution >= 4 is 21.2 Å². The minimum absolute atomic E-state index is 0.197. The molecule has 0 bridgehead atoms. The second-order valence-electron chi connectivity index (χ2n) is 4.73. The van der Waals surface area contributed by atoms with Gasteiger partial charge in [0.25, 0.3) is 10.0 Å². The van der Waals surface area contributed by atoms with Crippen LogP contribution in [0.25, 0.3) is 5.69 Å². The molecule has 0 spiro atoms. The lowest BCUT2D eigenvalue weighted by Crippen LogP contribution is -1.95. The second kappa shape index (κ2) is 6.76. The molecular weight excluding hydrogens is 328 g/mol. The molecule has 2 aromatic carbocycles. The van der Waals surface area contributed by atoms with E-state index in [4.69, 9.17) is 0 Å². The molecule has 0 N–H and O–H groups in total. The molecule has 6 heteroatoms. The van der Waals surface area contributed by atoms with Gasteiger partial charge in [-0.1, -0.05) is 40.2 Å². The van der Waals surface area contributed by atoms with Crippen molar-refractivity contribution in [2.75, 3.05) is 0 Å². The second-order valence-corrected chi connectivity index (χ2v) is 7.40. The summed E-state index contributed by atoms with van der Waals surface area (Å²) in [5, 5.41) is 0. The van der Waals surface area contributed by atoms with E-state index in [1.807, 2.05) is 59.4 Å². The minimum atomic E-state index is -3.64. The lowest BCUT2D eigenvalue weighted by Gasteiger charge is -2.04. The van der Waals surface area contributed by atoms with E-state index in [-0.39, 0.29) is 4.90 Å². The van der Waals surface area contributed by atoms with E-state index in [1.165, 1.54) is 12.1 Å². The smallest absolute Gasteiger partial charge is 0.292 e. The Hall–Kier alpha value is -2.44. The van der Waals surface area contributed by atoms with Crippen LogP contribution in [0.2, 0.25) is 0 Å². The average Bonchev–Trinajstić information content (AvgIpc) is 2.62. The Morgan fingerprint density at radius 3 is 1.96 bits per heavy atom. The summed E-state index contributed by atoms with van der Waals surface area (Å²) in [6.07, 6.45) is 3.75. The van der Waals surface area contributed by atoms with Crippen LogP contribution in [0, 0.1) is 4.51 Å². The summed E-state index contributed by atoms with van der Waals surface area (Å²) >= 11 is 0.950. The van der Waals surface area contributed by atoms with Gasteiger partial charge in [0.1, 0.15) is 0 Å². The van der Waals surface area contributed by atoms with Crippen molar-refractivity contribution in [3.8, 4) is 5.69 Å². The van der Waals surface area contributed by atoms with Crippen molar-refractivity contribution in [2.24, 2.45) is 3.77 Å². The van der Waals surface area contributed by atoms with Gasteiger partial charge in [-0.05, 0) is 47.5 Å². The van der Waals surface area contributed by atoms with Crippen LogP contribution in [0.3, 0.4) is 0 Å². The molecule has 3 rings (SSSR count). The Balaban J connectivity index is 1.94. The molecule has 116 valence electrons. The van der Waals surface area contributed by atoms with E-state index in [9.17, 15) is 8.42 Å².